The van der Waals surface area contributed by atoms with Gasteiger partial charge in [0.05, 0.1) is 0 Å². The molecule has 0 aliphatic carbocycles. The summed E-state index contributed by atoms with van der Waals surface area (Å²) in [4.78, 5) is 38.1. The predicted octanol–water partition coefficient (Wildman–Crippen LogP) is 20.3. The number of allylic oxidation sites excluding steroid dienone is 4. The van der Waals surface area contributed by atoms with E-state index in [1.807, 2.05) is 0 Å². The Morgan fingerprint density at radius 3 is 0.765 bits per heavy atom. The third-order valence-corrected chi connectivity index (χ3v) is 13.7. The van der Waals surface area contributed by atoms with Crippen LogP contribution in [0.4, 0.5) is 0 Å². The first-order chi connectivity index (χ1) is 33.5. The van der Waals surface area contributed by atoms with Gasteiger partial charge in [0.2, 0.25) is 0 Å². The molecule has 6 heteroatoms. The molecule has 68 heavy (non-hydrogen) atoms. The summed E-state index contributed by atoms with van der Waals surface area (Å²) in [5, 5.41) is 0. The summed E-state index contributed by atoms with van der Waals surface area (Å²) < 4.78 is 16.9. The molecule has 0 saturated heterocycles. The highest BCUT2D eigenvalue weighted by molar-refractivity contribution is 5.71. The van der Waals surface area contributed by atoms with Gasteiger partial charge in [0.15, 0.2) is 6.10 Å². The van der Waals surface area contributed by atoms with Gasteiger partial charge in [-0.3, -0.25) is 14.4 Å². The van der Waals surface area contributed by atoms with E-state index in [1.54, 1.807) is 0 Å². The molecule has 0 rings (SSSR count). The fourth-order valence-electron chi connectivity index (χ4n) is 9.08. The molecule has 400 valence electrons. The minimum absolute atomic E-state index is 0.0728. The minimum Gasteiger partial charge on any atom is -0.462 e. The highest BCUT2D eigenvalue weighted by atomic mass is 16.6. The Kier molecular flexibility index (Phi) is 55.7. The van der Waals surface area contributed by atoms with Crippen LogP contribution in [0.1, 0.15) is 335 Å². The second kappa shape index (κ2) is 57.5. The fraction of sp³-hybridized carbons (Fsp3) is 0.887. The third kappa shape index (κ3) is 54.8. The van der Waals surface area contributed by atoms with Crippen molar-refractivity contribution in [2.75, 3.05) is 13.2 Å². The highest BCUT2D eigenvalue weighted by Gasteiger charge is 2.19. The lowest BCUT2D eigenvalue weighted by Crippen LogP contribution is -2.30. The average Bonchev–Trinajstić information content (AvgIpc) is 3.34. The molecule has 0 amide bonds. The number of esters is 3. The monoisotopic (exact) mass is 957 g/mol. The molecule has 0 aliphatic heterocycles. The first-order valence-electron chi connectivity index (χ1n) is 30.3. The molecule has 0 fully saturated rings. The minimum atomic E-state index is -0.775. The van der Waals surface area contributed by atoms with Gasteiger partial charge in [0.25, 0.3) is 0 Å². The van der Waals surface area contributed by atoms with Crippen molar-refractivity contribution in [2.24, 2.45) is 0 Å². The Morgan fingerprint density at radius 2 is 0.485 bits per heavy atom. The lowest BCUT2D eigenvalue weighted by Gasteiger charge is -2.18. The van der Waals surface area contributed by atoms with Gasteiger partial charge in [-0.05, 0) is 70.6 Å². The maximum atomic E-state index is 12.8. The first-order valence-corrected chi connectivity index (χ1v) is 30.3. The number of carbonyl (C=O) groups excluding carboxylic acids is 3. The Balaban J connectivity index is 4.23. The number of unbranched alkanes of at least 4 members (excludes halogenated alkanes) is 41. The lowest BCUT2D eigenvalue weighted by molar-refractivity contribution is -0.167. The van der Waals surface area contributed by atoms with Crippen LogP contribution in [-0.4, -0.2) is 37.2 Å². The van der Waals surface area contributed by atoms with Gasteiger partial charge in [0.1, 0.15) is 13.2 Å². The Morgan fingerprint density at radius 1 is 0.279 bits per heavy atom. The molecule has 0 radical (unpaired) electrons. The van der Waals surface area contributed by atoms with Crippen LogP contribution in [0.5, 0.6) is 0 Å². The van der Waals surface area contributed by atoms with E-state index in [4.69, 9.17) is 14.2 Å². The Labute approximate surface area is 423 Å². The molecule has 0 saturated carbocycles. The molecule has 0 heterocycles. The number of hydrogen-bond acceptors (Lipinski definition) is 6. The van der Waals surface area contributed by atoms with Gasteiger partial charge >= 0.3 is 17.9 Å². The number of ether oxygens (including phenoxy) is 3. The molecule has 0 aromatic heterocycles. The smallest absolute Gasteiger partial charge is 0.306 e. The van der Waals surface area contributed by atoms with E-state index in [1.165, 1.54) is 225 Å². The van der Waals surface area contributed by atoms with E-state index in [0.29, 0.717) is 19.3 Å². The first kappa shape index (κ1) is 65.9. The fourth-order valence-corrected chi connectivity index (χ4v) is 9.08. The van der Waals surface area contributed by atoms with Crippen molar-refractivity contribution >= 4 is 17.9 Å². The van der Waals surface area contributed by atoms with Crippen LogP contribution in [-0.2, 0) is 28.6 Å². The van der Waals surface area contributed by atoms with Crippen LogP contribution in [0.3, 0.4) is 0 Å². The molecule has 0 aliphatic rings. The average molecular weight is 958 g/mol. The molecular formula is C62H116O6. The summed E-state index contributed by atoms with van der Waals surface area (Å²) in [5.41, 5.74) is 0. The molecule has 0 N–H and O–H groups in total. The van der Waals surface area contributed by atoms with Gasteiger partial charge in [0, 0.05) is 19.3 Å². The molecular weight excluding hydrogens is 841 g/mol. The predicted molar refractivity (Wildman–Crippen MR) is 293 cm³/mol. The third-order valence-electron chi connectivity index (χ3n) is 13.7. The summed E-state index contributed by atoms with van der Waals surface area (Å²) in [6.45, 7) is 6.65. The summed E-state index contributed by atoms with van der Waals surface area (Å²) in [7, 11) is 0. The van der Waals surface area contributed by atoms with E-state index < -0.39 is 6.10 Å². The summed E-state index contributed by atoms with van der Waals surface area (Å²) in [5.74, 6) is -0.870. The van der Waals surface area contributed by atoms with E-state index in [9.17, 15) is 14.4 Å². The van der Waals surface area contributed by atoms with E-state index in [-0.39, 0.29) is 31.1 Å². The summed E-state index contributed by atoms with van der Waals surface area (Å²) in [6.07, 6.45) is 67.5. The molecule has 1 atom stereocenters. The van der Waals surface area contributed by atoms with Crippen molar-refractivity contribution < 1.29 is 28.6 Å². The SMILES string of the molecule is CCCCC/C=C\CCCCCCCC(=O)OCC(COC(=O)CCCCCCCCCCCCCCCCCCCCCCCCC)OC(=O)CCCCCCC/C=C\CCCCCCCC. The topological polar surface area (TPSA) is 78.9 Å². The molecule has 0 bridgehead atoms. The van der Waals surface area contributed by atoms with Gasteiger partial charge in [-0.2, -0.15) is 0 Å². The maximum absolute atomic E-state index is 12.8. The van der Waals surface area contributed by atoms with E-state index >= 15 is 0 Å². The second-order valence-corrected chi connectivity index (χ2v) is 20.6. The zero-order valence-corrected chi connectivity index (χ0v) is 45.9. The van der Waals surface area contributed by atoms with Crippen LogP contribution in [0.25, 0.3) is 0 Å². The molecule has 0 aromatic carbocycles. The van der Waals surface area contributed by atoms with Crippen LogP contribution in [0.2, 0.25) is 0 Å². The molecule has 6 nitrogen and oxygen atoms in total. The molecule has 0 aromatic rings. The van der Waals surface area contributed by atoms with Crippen molar-refractivity contribution in [3.8, 4) is 0 Å². The zero-order valence-electron chi connectivity index (χ0n) is 45.9. The Bertz CT molecular complexity index is 1100. The summed E-state index contributed by atoms with van der Waals surface area (Å²) in [6, 6.07) is 0. The summed E-state index contributed by atoms with van der Waals surface area (Å²) >= 11 is 0. The molecule has 0 spiro atoms. The van der Waals surface area contributed by atoms with Crippen molar-refractivity contribution in [3.63, 3.8) is 0 Å². The standard InChI is InChI=1S/C62H116O6/c1-4-7-10-13-16-19-22-25-27-28-29-30-31-32-33-34-36-37-40-43-46-49-52-55-61(64)67-58-59(57-66-60(63)54-51-48-45-42-39-24-21-18-15-12-9-6-3)68-62(65)56-53-50-47-44-41-38-35-26-23-20-17-14-11-8-5-2/h18,21,26,35,59H,4-17,19-20,22-25,27-34,36-58H2,1-3H3/b21-18-,35-26-. The lowest BCUT2D eigenvalue weighted by atomic mass is 10.0. The van der Waals surface area contributed by atoms with Crippen LogP contribution < -0.4 is 0 Å². The van der Waals surface area contributed by atoms with Gasteiger partial charge in [-0.25, -0.2) is 0 Å². The van der Waals surface area contributed by atoms with Crippen molar-refractivity contribution in [3.05, 3.63) is 24.3 Å². The highest BCUT2D eigenvalue weighted by Crippen LogP contribution is 2.17. The molecule has 1 unspecified atom stereocenters. The normalized spacial score (nSPS) is 12.1. The van der Waals surface area contributed by atoms with E-state index in [0.717, 1.165) is 70.6 Å². The van der Waals surface area contributed by atoms with Gasteiger partial charge < -0.3 is 14.2 Å². The van der Waals surface area contributed by atoms with E-state index in [2.05, 4.69) is 45.1 Å². The quantitative estimate of drug-likeness (QED) is 0.0262. The zero-order chi connectivity index (χ0) is 49.3. The van der Waals surface area contributed by atoms with Crippen molar-refractivity contribution in [1.29, 1.82) is 0 Å². The number of carbonyl (C=O) groups is 3. The number of rotatable bonds is 56. The number of hydrogen-bond donors (Lipinski definition) is 0. The van der Waals surface area contributed by atoms with Crippen LogP contribution in [0, 0.1) is 0 Å². The van der Waals surface area contributed by atoms with Crippen molar-refractivity contribution in [1.82, 2.24) is 0 Å². The maximum Gasteiger partial charge on any atom is 0.306 e. The van der Waals surface area contributed by atoms with Gasteiger partial charge in [-0.15, -0.1) is 0 Å². The van der Waals surface area contributed by atoms with Crippen LogP contribution >= 0.6 is 0 Å². The van der Waals surface area contributed by atoms with Gasteiger partial charge in [-0.1, -0.05) is 270 Å². The largest absolute Gasteiger partial charge is 0.462 e. The second-order valence-electron chi connectivity index (χ2n) is 20.6. The Hall–Kier alpha value is -2.11. The van der Waals surface area contributed by atoms with Crippen molar-refractivity contribution in [2.45, 2.75) is 341 Å². The van der Waals surface area contributed by atoms with Crippen LogP contribution in [0.15, 0.2) is 24.3 Å².